The Morgan fingerprint density at radius 1 is 1.28 bits per heavy atom. The second kappa shape index (κ2) is 7.63. The Morgan fingerprint density at radius 2 is 2.14 bits per heavy atom. The highest BCUT2D eigenvalue weighted by Gasteiger charge is 2.20. The molecule has 1 aliphatic heterocycles. The van der Waals surface area contributed by atoms with E-state index in [9.17, 15) is 14.7 Å². The number of ether oxygens (including phenoxy) is 2. The number of fused-ring (bicyclic) bond motifs is 1. The van der Waals surface area contributed by atoms with Crippen LogP contribution in [0.15, 0.2) is 42.5 Å². The number of aromatic carboxylic acids is 1. The normalized spacial score (nSPS) is 13.3. The van der Waals surface area contributed by atoms with Crippen LogP contribution in [0, 0.1) is 0 Å². The number of rotatable bonds is 5. The third-order valence-electron chi connectivity index (χ3n) is 4.39. The van der Waals surface area contributed by atoms with Crippen molar-refractivity contribution >= 4 is 28.6 Å². The predicted octanol–water partition coefficient (Wildman–Crippen LogP) is 2.71. The molecule has 3 heterocycles. The highest BCUT2D eigenvalue weighted by atomic mass is 16.6. The second-order valence-corrected chi connectivity index (χ2v) is 6.31. The van der Waals surface area contributed by atoms with Crippen molar-refractivity contribution in [2.45, 2.75) is 13.3 Å². The van der Waals surface area contributed by atoms with Crippen molar-refractivity contribution in [3.05, 3.63) is 53.9 Å². The number of carboxylic acids is 1. The first-order valence-corrected chi connectivity index (χ1v) is 9.04. The fraction of sp³-hybridized carbons (Fsp3) is 0.200. The Hall–Kier alpha value is -3.88. The summed E-state index contributed by atoms with van der Waals surface area (Å²) in [6.45, 7) is 2.63. The molecule has 0 radical (unpaired) electrons. The summed E-state index contributed by atoms with van der Waals surface area (Å²) in [5.74, 6) is -0.829. The summed E-state index contributed by atoms with van der Waals surface area (Å²) in [5.41, 5.74) is 2.20. The molecule has 0 atom stereocenters. The molecular weight excluding hydrogens is 376 g/mol. The van der Waals surface area contributed by atoms with Crippen LogP contribution in [-0.2, 0) is 20.7 Å². The lowest BCUT2D eigenvalue weighted by atomic mass is 10.1. The topological polar surface area (TPSA) is 126 Å². The lowest BCUT2D eigenvalue weighted by Crippen LogP contribution is -2.21. The van der Waals surface area contributed by atoms with Gasteiger partial charge in [0.05, 0.1) is 16.6 Å². The zero-order valence-electron chi connectivity index (χ0n) is 15.6. The number of H-pyrrole nitrogens is 1. The number of carboxylic acid groups (broad SMARTS) is 1. The molecule has 0 saturated heterocycles. The molecule has 0 fully saturated rings. The van der Waals surface area contributed by atoms with Crippen LogP contribution in [-0.4, -0.2) is 45.1 Å². The molecule has 148 valence electrons. The highest BCUT2D eigenvalue weighted by molar-refractivity contribution is 6.08. The first-order valence-electron chi connectivity index (χ1n) is 9.04. The standard InChI is InChI=1S/C20H18N4O5/c1-2-15-23-17(16-13(20(26)27)9-21-18(16)24-15)11-4-3-5-12(8-11)22-19(25)14-10-28-6-7-29-14/h3-5,8-10H,2,6-7H2,1H3,(H,22,25)(H,26,27)(H,21,23,24). The molecule has 1 amide bonds. The molecule has 0 aliphatic carbocycles. The zero-order valence-corrected chi connectivity index (χ0v) is 15.6. The smallest absolute Gasteiger partial charge is 0.338 e. The van der Waals surface area contributed by atoms with Gasteiger partial charge in [-0.15, -0.1) is 0 Å². The van der Waals surface area contributed by atoms with Crippen LogP contribution in [0.5, 0.6) is 0 Å². The number of hydrogen-bond acceptors (Lipinski definition) is 6. The van der Waals surface area contributed by atoms with Gasteiger partial charge in [-0.05, 0) is 12.1 Å². The number of hydrogen-bond donors (Lipinski definition) is 3. The van der Waals surface area contributed by atoms with Crippen LogP contribution in [0.3, 0.4) is 0 Å². The third kappa shape index (κ3) is 3.62. The molecule has 0 spiro atoms. The van der Waals surface area contributed by atoms with Gasteiger partial charge in [-0.1, -0.05) is 19.1 Å². The first kappa shape index (κ1) is 18.5. The third-order valence-corrected chi connectivity index (χ3v) is 4.39. The number of carbonyl (C=O) groups is 2. The van der Waals surface area contributed by atoms with E-state index in [0.717, 1.165) is 0 Å². The van der Waals surface area contributed by atoms with Crippen molar-refractivity contribution in [1.82, 2.24) is 15.0 Å². The van der Waals surface area contributed by atoms with Crippen molar-refractivity contribution in [3.8, 4) is 11.3 Å². The summed E-state index contributed by atoms with van der Waals surface area (Å²) in [4.78, 5) is 35.8. The van der Waals surface area contributed by atoms with Gasteiger partial charge in [-0.2, -0.15) is 0 Å². The van der Waals surface area contributed by atoms with Crippen molar-refractivity contribution in [2.24, 2.45) is 0 Å². The Bertz CT molecular complexity index is 1140. The molecule has 2 aromatic heterocycles. The fourth-order valence-corrected chi connectivity index (χ4v) is 3.04. The molecule has 9 nitrogen and oxygen atoms in total. The monoisotopic (exact) mass is 394 g/mol. The quantitative estimate of drug-likeness (QED) is 0.607. The van der Waals surface area contributed by atoms with Crippen LogP contribution in [0.25, 0.3) is 22.3 Å². The first-order chi connectivity index (χ1) is 14.1. The molecule has 4 rings (SSSR count). The number of anilines is 1. The van der Waals surface area contributed by atoms with E-state index in [1.54, 1.807) is 24.3 Å². The van der Waals surface area contributed by atoms with Gasteiger partial charge in [-0.25, -0.2) is 14.8 Å². The minimum absolute atomic E-state index is 0.0880. The van der Waals surface area contributed by atoms with E-state index in [0.29, 0.717) is 53.4 Å². The zero-order chi connectivity index (χ0) is 20.4. The van der Waals surface area contributed by atoms with Crippen LogP contribution in [0.1, 0.15) is 23.1 Å². The van der Waals surface area contributed by atoms with E-state index in [1.165, 1.54) is 12.5 Å². The van der Waals surface area contributed by atoms with Crippen LogP contribution >= 0.6 is 0 Å². The number of aromatic nitrogens is 3. The SMILES string of the molecule is CCc1nc(-c2cccc(NC(=O)C3=COCCO3)c2)c2c(C(=O)O)c[nH]c2n1. The van der Waals surface area contributed by atoms with Gasteiger partial charge in [0.25, 0.3) is 5.91 Å². The van der Waals surface area contributed by atoms with Gasteiger partial charge in [0, 0.05) is 23.9 Å². The van der Waals surface area contributed by atoms with Crippen molar-refractivity contribution in [3.63, 3.8) is 0 Å². The van der Waals surface area contributed by atoms with Crippen LogP contribution < -0.4 is 5.32 Å². The maximum atomic E-state index is 12.3. The Kier molecular flexibility index (Phi) is 4.86. The minimum atomic E-state index is -1.07. The molecule has 1 aromatic carbocycles. The number of nitrogens with zero attached hydrogens (tertiary/aromatic N) is 2. The molecule has 0 unspecified atom stereocenters. The molecule has 3 aromatic rings. The highest BCUT2D eigenvalue weighted by Crippen LogP contribution is 2.30. The molecule has 9 heteroatoms. The van der Waals surface area contributed by atoms with Gasteiger partial charge in [-0.3, -0.25) is 4.79 Å². The minimum Gasteiger partial charge on any atom is -0.494 e. The summed E-state index contributed by atoms with van der Waals surface area (Å²) >= 11 is 0. The number of aromatic amines is 1. The van der Waals surface area contributed by atoms with E-state index < -0.39 is 11.9 Å². The maximum absolute atomic E-state index is 12.3. The number of nitrogens with one attached hydrogen (secondary N) is 2. The predicted molar refractivity (Wildman–Crippen MR) is 104 cm³/mol. The van der Waals surface area contributed by atoms with E-state index in [2.05, 4.69) is 20.3 Å². The lowest BCUT2D eigenvalue weighted by Gasteiger charge is -2.15. The van der Waals surface area contributed by atoms with Crippen LogP contribution in [0.4, 0.5) is 5.69 Å². The van der Waals surface area contributed by atoms with Crippen molar-refractivity contribution in [2.75, 3.05) is 18.5 Å². The second-order valence-electron chi connectivity index (χ2n) is 6.31. The summed E-state index contributed by atoms with van der Waals surface area (Å²) < 4.78 is 10.4. The van der Waals surface area contributed by atoms with Gasteiger partial charge in [0.15, 0.2) is 0 Å². The molecule has 3 N–H and O–H groups in total. The molecule has 29 heavy (non-hydrogen) atoms. The number of benzene rings is 1. The van der Waals surface area contributed by atoms with E-state index in [1.807, 2.05) is 6.92 Å². The average molecular weight is 394 g/mol. The number of carbonyl (C=O) groups excluding carboxylic acids is 1. The average Bonchev–Trinajstić information content (AvgIpc) is 3.18. The Balaban J connectivity index is 1.75. The van der Waals surface area contributed by atoms with E-state index in [-0.39, 0.29) is 11.3 Å². The van der Waals surface area contributed by atoms with Gasteiger partial charge < -0.3 is 24.9 Å². The van der Waals surface area contributed by atoms with Gasteiger partial charge in [0.1, 0.15) is 30.9 Å². The van der Waals surface area contributed by atoms with E-state index in [4.69, 9.17) is 9.47 Å². The lowest BCUT2D eigenvalue weighted by molar-refractivity contribution is -0.117. The van der Waals surface area contributed by atoms with E-state index >= 15 is 0 Å². The largest absolute Gasteiger partial charge is 0.494 e. The molecule has 0 saturated carbocycles. The number of amides is 1. The van der Waals surface area contributed by atoms with Crippen molar-refractivity contribution in [1.29, 1.82) is 0 Å². The maximum Gasteiger partial charge on any atom is 0.338 e. The molecular formula is C20H18N4O5. The summed E-state index contributed by atoms with van der Waals surface area (Å²) in [5, 5.41) is 12.7. The number of aryl methyl sites for hydroxylation is 1. The molecule has 1 aliphatic rings. The van der Waals surface area contributed by atoms with Gasteiger partial charge >= 0.3 is 5.97 Å². The fourth-order valence-electron chi connectivity index (χ4n) is 3.04. The summed E-state index contributed by atoms with van der Waals surface area (Å²) in [6.07, 6.45) is 3.28. The van der Waals surface area contributed by atoms with Crippen molar-refractivity contribution < 1.29 is 24.2 Å². The molecule has 0 bridgehead atoms. The summed E-state index contributed by atoms with van der Waals surface area (Å²) in [6, 6.07) is 7.00. The Labute approximate surface area is 165 Å². The van der Waals surface area contributed by atoms with Crippen LogP contribution in [0.2, 0.25) is 0 Å². The Morgan fingerprint density at radius 3 is 2.86 bits per heavy atom. The summed E-state index contributed by atoms with van der Waals surface area (Å²) in [7, 11) is 0. The van der Waals surface area contributed by atoms with Gasteiger partial charge in [0.2, 0.25) is 5.76 Å².